The zero-order valence-corrected chi connectivity index (χ0v) is 19.1. The van der Waals surface area contributed by atoms with Gasteiger partial charge < -0.3 is 14.4 Å². The first-order chi connectivity index (χ1) is 14.0. The number of rotatable bonds is 6. The van der Waals surface area contributed by atoms with Crippen LogP contribution in [-0.4, -0.2) is 91.5 Å². The van der Waals surface area contributed by atoms with E-state index in [9.17, 15) is 0 Å². The minimum atomic E-state index is 0.0812. The summed E-state index contributed by atoms with van der Waals surface area (Å²) < 4.78 is 12.0. The first-order valence-corrected chi connectivity index (χ1v) is 11.4. The lowest BCUT2D eigenvalue weighted by molar-refractivity contribution is 0.000935. The van der Waals surface area contributed by atoms with E-state index in [-0.39, 0.29) is 5.54 Å². The molecule has 2 aliphatic rings. The lowest BCUT2D eigenvalue weighted by atomic mass is 10.0. The van der Waals surface area contributed by atoms with E-state index in [1.54, 1.807) is 18.4 Å². The van der Waals surface area contributed by atoms with Crippen LogP contribution in [0, 0.1) is 0 Å². The van der Waals surface area contributed by atoms with E-state index in [2.05, 4.69) is 44.6 Å². The molecule has 0 aromatic carbocycles. The molecule has 0 unspecified atom stereocenters. The minimum absolute atomic E-state index is 0.0812. The zero-order chi connectivity index (χ0) is 20.4. The summed E-state index contributed by atoms with van der Waals surface area (Å²) in [5.41, 5.74) is 1.03. The second-order valence-corrected chi connectivity index (χ2v) is 9.83. The normalized spacial score (nSPS) is 19.9. The number of piperazine rings is 1. The smallest absolute Gasteiger partial charge is 0.224 e. The van der Waals surface area contributed by atoms with Gasteiger partial charge in [0, 0.05) is 63.3 Å². The summed E-state index contributed by atoms with van der Waals surface area (Å²) in [6.07, 6.45) is 0. The number of nitrogens with zero attached hydrogens (tertiary/aromatic N) is 5. The quantitative estimate of drug-likeness (QED) is 0.641. The molecule has 4 rings (SSSR count). The molecule has 2 fully saturated rings. The molecular weight excluding hydrogens is 410 g/mol. The predicted molar refractivity (Wildman–Crippen MR) is 118 cm³/mol. The predicted octanol–water partition coefficient (Wildman–Crippen LogP) is 2.72. The van der Waals surface area contributed by atoms with Gasteiger partial charge in [0.05, 0.1) is 30.0 Å². The van der Waals surface area contributed by atoms with E-state index in [1.165, 1.54) is 4.88 Å². The fourth-order valence-electron chi connectivity index (χ4n) is 4.18. The van der Waals surface area contributed by atoms with Gasteiger partial charge in [0.25, 0.3) is 0 Å². The molecule has 0 radical (unpaired) electrons. The van der Waals surface area contributed by atoms with Crippen molar-refractivity contribution in [3.8, 4) is 0 Å². The number of hydrogen-bond acceptors (Lipinski definition) is 8. The number of aromatic nitrogens is 2. The standard InChI is InChI=1S/C20H30ClN5O2S/c1-20(2,14-27-3)26-6-4-24(5-7-26)13-15-12-16-17(29-15)18(23-19(21)22-16)25-8-10-28-11-9-25/h12H,4-11,13-14H2,1-3H3. The van der Waals surface area contributed by atoms with Gasteiger partial charge in [-0.3, -0.25) is 9.80 Å². The molecule has 0 aliphatic carbocycles. The fraction of sp³-hybridized carbons (Fsp3) is 0.700. The van der Waals surface area contributed by atoms with Crippen LogP contribution in [0.4, 0.5) is 5.82 Å². The van der Waals surface area contributed by atoms with Crippen LogP contribution in [0.2, 0.25) is 5.28 Å². The SMILES string of the molecule is COCC(C)(C)N1CCN(Cc2cc3nc(Cl)nc(N4CCOCC4)c3s2)CC1. The number of hydrogen-bond donors (Lipinski definition) is 0. The van der Waals surface area contributed by atoms with Gasteiger partial charge in [-0.05, 0) is 31.5 Å². The highest BCUT2D eigenvalue weighted by Gasteiger charge is 2.30. The van der Waals surface area contributed by atoms with E-state index in [4.69, 9.17) is 21.1 Å². The van der Waals surface area contributed by atoms with E-state index < -0.39 is 0 Å². The van der Waals surface area contributed by atoms with Crippen molar-refractivity contribution in [2.24, 2.45) is 0 Å². The van der Waals surface area contributed by atoms with Crippen LogP contribution in [0.25, 0.3) is 10.2 Å². The highest BCUT2D eigenvalue weighted by Crippen LogP contribution is 2.34. The van der Waals surface area contributed by atoms with Crippen molar-refractivity contribution in [3.63, 3.8) is 0 Å². The van der Waals surface area contributed by atoms with Crippen LogP contribution in [0.15, 0.2) is 6.07 Å². The number of thiophene rings is 1. The second-order valence-electron chi connectivity index (χ2n) is 8.35. The number of fused-ring (bicyclic) bond motifs is 1. The van der Waals surface area contributed by atoms with Gasteiger partial charge >= 0.3 is 0 Å². The number of anilines is 1. The second kappa shape index (κ2) is 8.99. The molecule has 2 saturated heterocycles. The Labute approximate surface area is 181 Å². The van der Waals surface area contributed by atoms with Crippen LogP contribution < -0.4 is 4.90 Å². The summed E-state index contributed by atoms with van der Waals surface area (Å²) in [5, 5.41) is 0.317. The molecular formula is C20H30ClN5O2S. The molecule has 2 aromatic rings. The van der Waals surface area contributed by atoms with Crippen molar-refractivity contribution in [1.29, 1.82) is 0 Å². The van der Waals surface area contributed by atoms with Crippen molar-refractivity contribution in [2.45, 2.75) is 25.9 Å². The van der Waals surface area contributed by atoms with Gasteiger partial charge in [0.1, 0.15) is 0 Å². The van der Waals surface area contributed by atoms with Crippen molar-refractivity contribution in [1.82, 2.24) is 19.8 Å². The van der Waals surface area contributed by atoms with E-state index in [0.29, 0.717) is 5.28 Å². The Balaban J connectivity index is 1.45. The lowest BCUT2D eigenvalue weighted by Gasteiger charge is -2.43. The van der Waals surface area contributed by atoms with Crippen LogP contribution in [-0.2, 0) is 16.0 Å². The molecule has 0 amide bonds. The summed E-state index contributed by atoms with van der Waals surface area (Å²) in [6.45, 7) is 13.6. The van der Waals surface area contributed by atoms with Gasteiger partial charge in [-0.2, -0.15) is 4.98 Å². The third-order valence-corrected chi connectivity index (χ3v) is 7.07. The Morgan fingerprint density at radius 2 is 1.86 bits per heavy atom. The van der Waals surface area contributed by atoms with Gasteiger partial charge in [-0.25, -0.2) is 4.98 Å². The number of halogens is 1. The first kappa shape index (κ1) is 21.2. The molecule has 29 heavy (non-hydrogen) atoms. The van der Waals surface area contributed by atoms with E-state index >= 15 is 0 Å². The summed E-state index contributed by atoms with van der Waals surface area (Å²) in [4.78, 5) is 17.6. The number of ether oxygens (including phenoxy) is 2. The van der Waals surface area contributed by atoms with Gasteiger partial charge in [0.15, 0.2) is 5.82 Å². The zero-order valence-electron chi connectivity index (χ0n) is 17.5. The van der Waals surface area contributed by atoms with Gasteiger partial charge in [-0.15, -0.1) is 11.3 Å². The largest absolute Gasteiger partial charge is 0.383 e. The molecule has 7 nitrogen and oxygen atoms in total. The van der Waals surface area contributed by atoms with Crippen LogP contribution in [0.1, 0.15) is 18.7 Å². The molecule has 0 spiro atoms. The molecule has 4 heterocycles. The summed E-state index contributed by atoms with van der Waals surface area (Å²) in [6, 6.07) is 2.18. The van der Waals surface area contributed by atoms with E-state index in [1.807, 2.05) is 0 Å². The highest BCUT2D eigenvalue weighted by atomic mass is 35.5. The first-order valence-electron chi connectivity index (χ1n) is 10.2. The summed E-state index contributed by atoms with van der Waals surface area (Å²) in [7, 11) is 1.78. The minimum Gasteiger partial charge on any atom is -0.383 e. The molecule has 2 aromatic heterocycles. The van der Waals surface area contributed by atoms with Crippen molar-refractivity contribution in [2.75, 3.05) is 71.1 Å². The monoisotopic (exact) mass is 439 g/mol. The van der Waals surface area contributed by atoms with Crippen LogP contribution in [0.5, 0.6) is 0 Å². The number of methoxy groups -OCH3 is 1. The van der Waals surface area contributed by atoms with Crippen molar-refractivity contribution >= 4 is 39.0 Å². The van der Waals surface area contributed by atoms with Crippen molar-refractivity contribution in [3.05, 3.63) is 16.2 Å². The molecule has 0 bridgehead atoms. The average Bonchev–Trinajstić information content (AvgIpc) is 3.10. The fourth-order valence-corrected chi connectivity index (χ4v) is 5.51. The third-order valence-electron chi connectivity index (χ3n) is 5.79. The lowest BCUT2D eigenvalue weighted by Crippen LogP contribution is -2.56. The maximum absolute atomic E-state index is 6.23. The molecule has 0 N–H and O–H groups in total. The van der Waals surface area contributed by atoms with E-state index in [0.717, 1.165) is 81.7 Å². The molecule has 0 saturated carbocycles. The maximum Gasteiger partial charge on any atom is 0.224 e. The third kappa shape index (κ3) is 4.84. The Bertz CT molecular complexity index is 832. The van der Waals surface area contributed by atoms with Crippen LogP contribution in [0.3, 0.4) is 0 Å². The molecule has 2 aliphatic heterocycles. The molecule has 9 heteroatoms. The highest BCUT2D eigenvalue weighted by molar-refractivity contribution is 7.19. The average molecular weight is 440 g/mol. The molecule has 0 atom stereocenters. The van der Waals surface area contributed by atoms with Gasteiger partial charge in [0.2, 0.25) is 5.28 Å². The Morgan fingerprint density at radius 3 is 2.55 bits per heavy atom. The summed E-state index contributed by atoms with van der Waals surface area (Å²) in [5.74, 6) is 0.950. The maximum atomic E-state index is 6.23. The Kier molecular flexibility index (Phi) is 6.58. The summed E-state index contributed by atoms with van der Waals surface area (Å²) >= 11 is 8.02. The van der Waals surface area contributed by atoms with Gasteiger partial charge in [-0.1, -0.05) is 0 Å². The molecule has 160 valence electrons. The topological polar surface area (TPSA) is 54.0 Å². The van der Waals surface area contributed by atoms with Crippen molar-refractivity contribution < 1.29 is 9.47 Å². The van der Waals surface area contributed by atoms with Crippen LogP contribution >= 0.6 is 22.9 Å². The Hall–Kier alpha value is -1.03. The Morgan fingerprint density at radius 1 is 1.14 bits per heavy atom. The number of morpholine rings is 1.